The Balaban J connectivity index is 1.82. The molecule has 0 radical (unpaired) electrons. The van der Waals surface area contributed by atoms with E-state index in [0.717, 1.165) is 17.8 Å². The van der Waals surface area contributed by atoms with E-state index in [2.05, 4.69) is 43.7 Å². The van der Waals surface area contributed by atoms with E-state index in [1.165, 1.54) is 29.8 Å². The van der Waals surface area contributed by atoms with Crippen molar-refractivity contribution >= 4 is 29.0 Å². The van der Waals surface area contributed by atoms with Gasteiger partial charge in [-0.05, 0) is 37.0 Å². The summed E-state index contributed by atoms with van der Waals surface area (Å²) in [4.78, 5) is 1.56. The first-order valence-corrected chi connectivity index (χ1v) is 9.75. The molecule has 2 aromatic heterocycles. The second kappa shape index (κ2) is 4.70. The molecule has 1 unspecified atom stereocenters. The molecule has 2 aliphatic heterocycles. The molecular formula is C14H18N6S2. The molecule has 3 aliphatic rings. The van der Waals surface area contributed by atoms with Gasteiger partial charge in [-0.2, -0.15) is 0 Å². The minimum atomic E-state index is 0.182. The second-order valence-corrected chi connectivity index (χ2v) is 7.94. The average molecular weight is 334 g/mol. The van der Waals surface area contributed by atoms with E-state index >= 15 is 0 Å². The fourth-order valence-corrected chi connectivity index (χ4v) is 5.94. The first kappa shape index (κ1) is 13.4. The van der Waals surface area contributed by atoms with E-state index in [9.17, 15) is 0 Å². The molecule has 1 fully saturated rings. The molecule has 0 saturated carbocycles. The van der Waals surface area contributed by atoms with Crippen molar-refractivity contribution in [2.24, 2.45) is 0 Å². The number of hydrogen-bond donors (Lipinski definition) is 2. The van der Waals surface area contributed by atoms with Gasteiger partial charge >= 0.3 is 0 Å². The van der Waals surface area contributed by atoms with Crippen LogP contribution in [-0.4, -0.2) is 27.7 Å². The monoisotopic (exact) mass is 334 g/mol. The van der Waals surface area contributed by atoms with Gasteiger partial charge in [-0.1, -0.05) is 18.7 Å². The van der Waals surface area contributed by atoms with Crippen LogP contribution in [0.15, 0.2) is 5.16 Å². The molecule has 8 heteroatoms. The maximum atomic E-state index is 4.42. The normalized spacial score (nSPS) is 25.6. The Labute approximate surface area is 137 Å². The summed E-state index contributed by atoms with van der Waals surface area (Å²) in [5, 5.41) is 16.8. The lowest BCUT2D eigenvalue weighted by molar-refractivity contribution is 0.552. The van der Waals surface area contributed by atoms with Crippen LogP contribution in [0.3, 0.4) is 0 Å². The fraction of sp³-hybridized carbons (Fsp3) is 0.571. The van der Waals surface area contributed by atoms with Crippen molar-refractivity contribution in [3.63, 3.8) is 0 Å². The highest BCUT2D eigenvalue weighted by Crippen LogP contribution is 2.50. The van der Waals surface area contributed by atoms with Crippen LogP contribution in [0.5, 0.6) is 0 Å². The van der Waals surface area contributed by atoms with Gasteiger partial charge in [0.1, 0.15) is 11.2 Å². The molecule has 2 aromatic rings. The summed E-state index contributed by atoms with van der Waals surface area (Å²) < 4.78 is 2.23. The lowest BCUT2D eigenvalue weighted by atomic mass is 9.85. The van der Waals surface area contributed by atoms with Crippen LogP contribution in [0, 0.1) is 0 Å². The largest absolute Gasteiger partial charge is 0.278 e. The molecular weight excluding hydrogens is 316 g/mol. The van der Waals surface area contributed by atoms with Gasteiger partial charge in [0.25, 0.3) is 0 Å². The number of anilines is 1. The predicted octanol–water partition coefficient (Wildman–Crippen LogP) is 2.37. The number of thioether (sulfide) groups is 1. The van der Waals surface area contributed by atoms with E-state index < -0.39 is 0 Å². The minimum absolute atomic E-state index is 0.182. The van der Waals surface area contributed by atoms with E-state index in [1.54, 1.807) is 22.2 Å². The van der Waals surface area contributed by atoms with Crippen molar-refractivity contribution < 1.29 is 0 Å². The predicted molar refractivity (Wildman–Crippen MR) is 88.7 cm³/mol. The number of fused-ring (bicyclic) bond motifs is 8. The van der Waals surface area contributed by atoms with E-state index in [-0.39, 0.29) is 6.17 Å². The van der Waals surface area contributed by atoms with Gasteiger partial charge in [-0.15, -0.1) is 21.5 Å². The van der Waals surface area contributed by atoms with E-state index in [0.29, 0.717) is 5.92 Å². The quantitative estimate of drug-likeness (QED) is 0.781. The zero-order valence-electron chi connectivity index (χ0n) is 12.6. The molecule has 1 saturated heterocycles. The smallest absolute Gasteiger partial charge is 0.249 e. The highest BCUT2D eigenvalue weighted by molar-refractivity contribution is 7.98. The van der Waals surface area contributed by atoms with Gasteiger partial charge in [-0.25, -0.2) is 9.99 Å². The van der Waals surface area contributed by atoms with Gasteiger partial charge in [-0.3, -0.25) is 10.3 Å². The fourth-order valence-electron chi connectivity index (χ4n) is 3.92. The molecule has 116 valence electrons. The number of thiophene rings is 1. The SMILES string of the molecule is CSc1nnc2n1-c1sc3c(c1C1NCNN21)[C@@H](C)CCC3. The number of rotatable bonds is 1. The van der Waals surface area contributed by atoms with Crippen molar-refractivity contribution in [1.82, 2.24) is 25.5 Å². The Bertz CT molecular complexity index is 751. The first-order chi connectivity index (χ1) is 10.8. The van der Waals surface area contributed by atoms with Crippen molar-refractivity contribution in [2.45, 2.75) is 43.4 Å². The number of nitrogens with one attached hydrogen (secondary N) is 2. The average Bonchev–Trinajstić information content (AvgIpc) is 3.21. The Morgan fingerprint density at radius 3 is 3.09 bits per heavy atom. The maximum Gasteiger partial charge on any atom is 0.249 e. The van der Waals surface area contributed by atoms with Gasteiger partial charge in [0.15, 0.2) is 5.16 Å². The Morgan fingerprint density at radius 1 is 1.32 bits per heavy atom. The van der Waals surface area contributed by atoms with Crippen LogP contribution in [0.1, 0.15) is 47.9 Å². The summed E-state index contributed by atoms with van der Waals surface area (Å²) in [6.07, 6.45) is 6.05. The van der Waals surface area contributed by atoms with Gasteiger partial charge in [0, 0.05) is 10.4 Å². The van der Waals surface area contributed by atoms with Crippen LogP contribution < -0.4 is 15.8 Å². The van der Waals surface area contributed by atoms with Crippen LogP contribution in [0.2, 0.25) is 0 Å². The molecule has 5 rings (SSSR count). The van der Waals surface area contributed by atoms with Crippen molar-refractivity contribution in [3.8, 4) is 5.00 Å². The molecule has 4 heterocycles. The van der Waals surface area contributed by atoms with E-state index in [1.807, 2.05) is 11.3 Å². The van der Waals surface area contributed by atoms with Crippen LogP contribution in [0.25, 0.3) is 5.00 Å². The summed E-state index contributed by atoms with van der Waals surface area (Å²) in [6.45, 7) is 3.14. The molecule has 22 heavy (non-hydrogen) atoms. The van der Waals surface area contributed by atoms with Crippen LogP contribution in [-0.2, 0) is 6.42 Å². The zero-order valence-corrected chi connectivity index (χ0v) is 14.2. The molecule has 2 atom stereocenters. The van der Waals surface area contributed by atoms with E-state index in [4.69, 9.17) is 0 Å². The highest BCUT2D eigenvalue weighted by atomic mass is 32.2. The molecule has 6 nitrogen and oxygen atoms in total. The summed E-state index contributed by atoms with van der Waals surface area (Å²) >= 11 is 3.60. The first-order valence-electron chi connectivity index (χ1n) is 7.71. The van der Waals surface area contributed by atoms with Crippen molar-refractivity contribution in [2.75, 3.05) is 17.9 Å². The number of aryl methyl sites for hydroxylation is 1. The lowest BCUT2D eigenvalue weighted by Crippen LogP contribution is -2.39. The van der Waals surface area contributed by atoms with Crippen molar-refractivity contribution in [1.29, 1.82) is 0 Å². The highest BCUT2D eigenvalue weighted by Gasteiger charge is 2.42. The lowest BCUT2D eigenvalue weighted by Gasteiger charge is -2.32. The Hall–Kier alpha value is -1.09. The third kappa shape index (κ3) is 1.58. The standard InChI is InChI=1S/C14H18N6S2/c1-7-4-3-5-8-9(7)10-11-15-6-16-20(11)13-17-18-14(21-2)19(13)12(10)22-8/h7,11,15-16H,3-6H2,1-2H3/t7-,11?/m0/s1. The van der Waals surface area contributed by atoms with Gasteiger partial charge in [0.2, 0.25) is 5.95 Å². The Morgan fingerprint density at radius 2 is 2.23 bits per heavy atom. The molecule has 2 N–H and O–H groups in total. The topological polar surface area (TPSA) is 58.0 Å². The summed E-state index contributed by atoms with van der Waals surface area (Å²) in [7, 11) is 0. The third-order valence-electron chi connectivity index (χ3n) is 4.87. The Kier molecular flexibility index (Phi) is 2.86. The van der Waals surface area contributed by atoms with Crippen LogP contribution in [0.4, 0.5) is 5.95 Å². The number of hydrazine groups is 1. The summed E-state index contributed by atoms with van der Waals surface area (Å²) in [5.74, 6) is 1.54. The molecule has 1 aliphatic carbocycles. The number of hydrogen-bond acceptors (Lipinski definition) is 7. The number of nitrogens with zero attached hydrogens (tertiary/aromatic N) is 4. The minimum Gasteiger partial charge on any atom is -0.278 e. The van der Waals surface area contributed by atoms with Gasteiger partial charge < -0.3 is 0 Å². The number of aromatic nitrogens is 3. The molecule has 0 bridgehead atoms. The molecule has 0 spiro atoms. The summed E-state index contributed by atoms with van der Waals surface area (Å²) in [5.41, 5.74) is 6.42. The zero-order chi connectivity index (χ0) is 14.8. The van der Waals surface area contributed by atoms with Crippen molar-refractivity contribution in [3.05, 3.63) is 16.0 Å². The second-order valence-electron chi connectivity index (χ2n) is 6.08. The maximum absolute atomic E-state index is 4.42. The summed E-state index contributed by atoms with van der Waals surface area (Å²) in [6, 6.07) is 0. The third-order valence-corrected chi connectivity index (χ3v) is 6.76. The molecule has 0 amide bonds. The molecule has 0 aromatic carbocycles. The van der Waals surface area contributed by atoms with Crippen LogP contribution >= 0.6 is 23.1 Å². The van der Waals surface area contributed by atoms with Gasteiger partial charge in [0.05, 0.1) is 6.67 Å².